The van der Waals surface area contributed by atoms with Crippen LogP contribution in [0.2, 0.25) is 0 Å². The number of halogens is 4. The average Bonchev–Trinajstić information content (AvgIpc) is 2.28. The van der Waals surface area contributed by atoms with Crippen molar-refractivity contribution in [2.24, 2.45) is 11.5 Å². The molecule has 0 radical (unpaired) electrons. The molecular formula is C10H12F4N2. The minimum Gasteiger partial charge on any atom is -0.330 e. The van der Waals surface area contributed by atoms with Crippen molar-refractivity contribution >= 4 is 0 Å². The van der Waals surface area contributed by atoms with Crippen LogP contribution in [0.4, 0.5) is 17.6 Å². The summed E-state index contributed by atoms with van der Waals surface area (Å²) in [6, 6.07) is 0. The maximum Gasteiger partial charge on any atom is 0.165 e. The highest BCUT2D eigenvalue weighted by Crippen LogP contribution is 2.24. The van der Waals surface area contributed by atoms with Crippen molar-refractivity contribution in [2.75, 3.05) is 13.1 Å². The molecule has 0 aliphatic rings. The summed E-state index contributed by atoms with van der Waals surface area (Å²) in [5.74, 6) is -5.53. The van der Waals surface area contributed by atoms with Gasteiger partial charge in [-0.15, -0.1) is 0 Å². The van der Waals surface area contributed by atoms with Gasteiger partial charge in [0.15, 0.2) is 23.3 Å². The highest BCUT2D eigenvalue weighted by atomic mass is 19.2. The van der Waals surface area contributed by atoms with Crippen LogP contribution in [0.1, 0.15) is 11.1 Å². The van der Waals surface area contributed by atoms with Crippen molar-refractivity contribution in [2.45, 2.75) is 12.8 Å². The van der Waals surface area contributed by atoms with Crippen molar-refractivity contribution in [3.8, 4) is 0 Å². The predicted octanol–water partition coefficient (Wildman–Crippen LogP) is 1.25. The smallest absolute Gasteiger partial charge is 0.165 e. The fraction of sp³-hybridized carbons (Fsp3) is 0.400. The molecule has 0 spiro atoms. The van der Waals surface area contributed by atoms with E-state index >= 15 is 0 Å². The second-order valence-corrected chi connectivity index (χ2v) is 3.29. The molecule has 1 aromatic carbocycles. The molecule has 0 saturated carbocycles. The molecule has 0 heterocycles. The second kappa shape index (κ2) is 5.27. The Morgan fingerprint density at radius 1 is 0.625 bits per heavy atom. The van der Waals surface area contributed by atoms with Crippen LogP contribution in [0.15, 0.2) is 0 Å². The molecule has 0 aromatic heterocycles. The van der Waals surface area contributed by atoms with E-state index in [0.29, 0.717) is 0 Å². The van der Waals surface area contributed by atoms with Crippen molar-refractivity contribution in [3.63, 3.8) is 0 Å². The predicted molar refractivity (Wildman–Crippen MR) is 51.8 cm³/mol. The SMILES string of the molecule is NCCc1c(F)c(F)c(CCN)c(F)c1F. The van der Waals surface area contributed by atoms with Gasteiger partial charge in [0.1, 0.15) is 0 Å². The van der Waals surface area contributed by atoms with E-state index in [-0.39, 0.29) is 25.9 Å². The third kappa shape index (κ3) is 2.17. The summed E-state index contributed by atoms with van der Waals surface area (Å²) in [5.41, 5.74) is 8.89. The van der Waals surface area contributed by atoms with Crippen LogP contribution >= 0.6 is 0 Å². The first-order valence-corrected chi connectivity index (χ1v) is 4.78. The lowest BCUT2D eigenvalue weighted by atomic mass is 10.0. The number of rotatable bonds is 4. The van der Waals surface area contributed by atoms with Crippen LogP contribution in [0.3, 0.4) is 0 Å². The van der Waals surface area contributed by atoms with E-state index in [4.69, 9.17) is 11.5 Å². The Labute approximate surface area is 90.2 Å². The highest BCUT2D eigenvalue weighted by Gasteiger charge is 2.23. The molecule has 6 heteroatoms. The maximum absolute atomic E-state index is 13.3. The molecule has 0 aliphatic carbocycles. The van der Waals surface area contributed by atoms with Gasteiger partial charge in [0, 0.05) is 11.1 Å². The van der Waals surface area contributed by atoms with Gasteiger partial charge in [0.05, 0.1) is 0 Å². The Balaban J connectivity index is 3.37. The van der Waals surface area contributed by atoms with Gasteiger partial charge < -0.3 is 11.5 Å². The van der Waals surface area contributed by atoms with Crippen LogP contribution in [0.25, 0.3) is 0 Å². The average molecular weight is 236 g/mol. The molecule has 0 atom stereocenters. The van der Waals surface area contributed by atoms with Gasteiger partial charge in [-0.05, 0) is 25.9 Å². The van der Waals surface area contributed by atoms with Crippen LogP contribution in [0.5, 0.6) is 0 Å². The minimum atomic E-state index is -1.38. The number of benzene rings is 1. The van der Waals surface area contributed by atoms with Gasteiger partial charge in [-0.2, -0.15) is 0 Å². The summed E-state index contributed by atoms with van der Waals surface area (Å²) in [7, 11) is 0. The van der Waals surface area contributed by atoms with E-state index in [0.717, 1.165) is 0 Å². The summed E-state index contributed by atoms with van der Waals surface area (Å²) >= 11 is 0. The molecule has 16 heavy (non-hydrogen) atoms. The molecule has 0 aliphatic heterocycles. The Morgan fingerprint density at radius 3 is 1.06 bits per heavy atom. The number of hydrogen-bond donors (Lipinski definition) is 2. The summed E-state index contributed by atoms with van der Waals surface area (Å²) < 4.78 is 53.3. The minimum absolute atomic E-state index is 0.0943. The molecule has 1 aromatic rings. The Morgan fingerprint density at radius 2 is 0.875 bits per heavy atom. The van der Waals surface area contributed by atoms with Gasteiger partial charge in [-0.25, -0.2) is 17.6 Å². The zero-order valence-electron chi connectivity index (χ0n) is 8.49. The third-order valence-corrected chi connectivity index (χ3v) is 2.23. The monoisotopic (exact) mass is 236 g/mol. The molecule has 4 N–H and O–H groups in total. The zero-order valence-corrected chi connectivity index (χ0v) is 8.49. The Hall–Kier alpha value is -1.14. The van der Waals surface area contributed by atoms with E-state index in [2.05, 4.69) is 0 Å². The van der Waals surface area contributed by atoms with Gasteiger partial charge in [-0.1, -0.05) is 0 Å². The first-order valence-electron chi connectivity index (χ1n) is 4.78. The largest absolute Gasteiger partial charge is 0.330 e. The molecule has 0 bridgehead atoms. The van der Waals surface area contributed by atoms with E-state index < -0.39 is 34.4 Å². The van der Waals surface area contributed by atoms with Crippen molar-refractivity contribution in [3.05, 3.63) is 34.4 Å². The van der Waals surface area contributed by atoms with Crippen LogP contribution in [-0.2, 0) is 12.8 Å². The molecule has 0 amide bonds. The highest BCUT2D eigenvalue weighted by molar-refractivity contribution is 5.30. The van der Waals surface area contributed by atoms with E-state index in [9.17, 15) is 17.6 Å². The first kappa shape index (κ1) is 12.9. The van der Waals surface area contributed by atoms with E-state index in [1.165, 1.54) is 0 Å². The summed E-state index contributed by atoms with van der Waals surface area (Å²) in [6.45, 7) is -0.189. The zero-order chi connectivity index (χ0) is 12.3. The van der Waals surface area contributed by atoms with Gasteiger partial charge in [0.25, 0.3) is 0 Å². The molecule has 1 rings (SSSR count). The quantitative estimate of drug-likeness (QED) is 0.610. The number of nitrogens with two attached hydrogens (primary N) is 2. The Kier molecular flexibility index (Phi) is 4.26. The fourth-order valence-electron chi connectivity index (χ4n) is 1.45. The molecule has 0 saturated heterocycles. The molecular weight excluding hydrogens is 224 g/mol. The van der Waals surface area contributed by atoms with Gasteiger partial charge in [0.2, 0.25) is 0 Å². The van der Waals surface area contributed by atoms with Gasteiger partial charge in [-0.3, -0.25) is 0 Å². The first-order chi connectivity index (χ1) is 7.54. The maximum atomic E-state index is 13.3. The lowest BCUT2D eigenvalue weighted by Gasteiger charge is -2.10. The summed E-state index contributed by atoms with van der Waals surface area (Å²) in [6.07, 6.45) is -0.511. The fourth-order valence-corrected chi connectivity index (χ4v) is 1.45. The van der Waals surface area contributed by atoms with Gasteiger partial charge >= 0.3 is 0 Å². The molecule has 0 unspecified atom stereocenters. The normalized spacial score (nSPS) is 10.9. The van der Waals surface area contributed by atoms with E-state index in [1.54, 1.807) is 0 Å². The second-order valence-electron chi connectivity index (χ2n) is 3.29. The molecule has 0 fully saturated rings. The van der Waals surface area contributed by atoms with Crippen LogP contribution < -0.4 is 11.5 Å². The topological polar surface area (TPSA) is 52.0 Å². The Bertz CT molecular complexity index is 327. The third-order valence-electron chi connectivity index (χ3n) is 2.23. The molecule has 90 valence electrons. The van der Waals surface area contributed by atoms with Crippen LogP contribution in [0, 0.1) is 23.3 Å². The van der Waals surface area contributed by atoms with Crippen molar-refractivity contribution in [1.29, 1.82) is 0 Å². The lowest BCUT2D eigenvalue weighted by molar-refractivity contribution is 0.426. The number of hydrogen-bond acceptors (Lipinski definition) is 2. The standard InChI is InChI=1S/C10H12F4N2/c11-7-5(1-3-15)8(12)10(14)6(2-4-16)9(7)13/h1-4,15-16H2. The summed E-state index contributed by atoms with van der Waals surface area (Å²) in [5, 5.41) is 0. The summed E-state index contributed by atoms with van der Waals surface area (Å²) in [4.78, 5) is 0. The van der Waals surface area contributed by atoms with Crippen molar-refractivity contribution in [1.82, 2.24) is 0 Å². The van der Waals surface area contributed by atoms with E-state index in [1.807, 2.05) is 0 Å². The van der Waals surface area contributed by atoms with Crippen molar-refractivity contribution < 1.29 is 17.6 Å². The lowest BCUT2D eigenvalue weighted by Crippen LogP contribution is -2.15. The molecule has 2 nitrogen and oxygen atoms in total. The van der Waals surface area contributed by atoms with Crippen LogP contribution in [-0.4, -0.2) is 13.1 Å².